The first-order chi connectivity index (χ1) is 6.07. The van der Waals surface area contributed by atoms with Crippen LogP contribution >= 0.6 is 0 Å². The van der Waals surface area contributed by atoms with Gasteiger partial charge in [-0.15, -0.1) is 0 Å². The maximum atomic E-state index is 11.1. The summed E-state index contributed by atoms with van der Waals surface area (Å²) in [5, 5.41) is 0.0482. The van der Waals surface area contributed by atoms with Crippen molar-refractivity contribution < 1.29 is 8.42 Å². The van der Waals surface area contributed by atoms with E-state index in [9.17, 15) is 8.42 Å². The number of rotatable bonds is 1. The van der Waals surface area contributed by atoms with E-state index in [1.165, 1.54) is 18.6 Å². The Morgan fingerprint density at radius 2 is 2.15 bits per heavy atom. The minimum absolute atomic E-state index is 0.0482. The smallest absolute Gasteiger partial charge is 0.192 e. The van der Waals surface area contributed by atoms with Crippen LogP contribution in [0.15, 0.2) is 23.6 Å². The van der Waals surface area contributed by atoms with Gasteiger partial charge in [0.2, 0.25) is 0 Å². The summed E-state index contributed by atoms with van der Waals surface area (Å²) < 4.78 is 22.2. The number of pyridine rings is 1. The third-order valence-corrected chi connectivity index (χ3v) is 2.64. The number of aromatic nitrogens is 3. The Morgan fingerprint density at radius 3 is 2.85 bits per heavy atom. The van der Waals surface area contributed by atoms with Gasteiger partial charge in [0, 0.05) is 12.3 Å². The number of nitrogens with one attached hydrogen (secondary N) is 1. The molecule has 0 unspecified atom stereocenters. The number of H-pyrrole nitrogens is 1. The first kappa shape index (κ1) is 8.18. The van der Waals surface area contributed by atoms with Crippen molar-refractivity contribution in [1.82, 2.24) is 15.0 Å². The Labute approximate surface area is 74.8 Å². The van der Waals surface area contributed by atoms with Crippen LogP contribution in [0.3, 0.4) is 0 Å². The van der Waals surface area contributed by atoms with Crippen molar-refractivity contribution in [2.75, 3.05) is 6.26 Å². The molecule has 2 aromatic rings. The van der Waals surface area contributed by atoms with E-state index >= 15 is 0 Å². The van der Waals surface area contributed by atoms with E-state index in [-0.39, 0.29) is 5.03 Å². The molecule has 0 bridgehead atoms. The molecular formula is C7H7N3O2S. The average molecular weight is 197 g/mol. The zero-order valence-corrected chi connectivity index (χ0v) is 7.67. The molecule has 5 nitrogen and oxygen atoms in total. The van der Waals surface area contributed by atoms with Gasteiger partial charge in [-0.3, -0.25) is 0 Å². The number of sulfone groups is 1. The fourth-order valence-corrected chi connectivity index (χ4v) is 1.59. The predicted octanol–water partition coefficient (Wildman–Crippen LogP) is 0.361. The van der Waals surface area contributed by atoms with E-state index in [0.29, 0.717) is 5.52 Å². The summed E-state index contributed by atoms with van der Waals surface area (Å²) in [5.41, 5.74) is 1.34. The molecule has 2 rings (SSSR count). The van der Waals surface area contributed by atoms with E-state index in [1.54, 1.807) is 0 Å². The van der Waals surface area contributed by atoms with Crippen LogP contribution in [0.25, 0.3) is 11.0 Å². The maximum Gasteiger partial charge on any atom is 0.192 e. The normalized spacial score (nSPS) is 12.1. The van der Waals surface area contributed by atoms with Crippen LogP contribution in [0.4, 0.5) is 0 Å². The predicted molar refractivity (Wildman–Crippen MR) is 47.0 cm³/mol. The average Bonchev–Trinajstić information content (AvgIpc) is 2.47. The first-order valence-corrected chi connectivity index (χ1v) is 5.46. The summed E-state index contributed by atoms with van der Waals surface area (Å²) in [7, 11) is -3.24. The molecule has 0 saturated carbocycles. The Kier molecular flexibility index (Phi) is 1.59. The lowest BCUT2D eigenvalue weighted by Crippen LogP contribution is -1.99. The topological polar surface area (TPSA) is 75.7 Å². The van der Waals surface area contributed by atoms with Gasteiger partial charge in [0.05, 0.1) is 23.6 Å². The molecule has 6 heteroatoms. The molecule has 68 valence electrons. The molecule has 0 atom stereocenters. The van der Waals surface area contributed by atoms with E-state index in [1.807, 2.05) is 0 Å². The van der Waals surface area contributed by atoms with Crippen molar-refractivity contribution in [3.63, 3.8) is 0 Å². The van der Waals surface area contributed by atoms with Crippen LogP contribution in [0.1, 0.15) is 0 Å². The number of nitrogens with zero attached hydrogens (tertiary/aromatic N) is 2. The van der Waals surface area contributed by atoms with Crippen molar-refractivity contribution >= 4 is 20.9 Å². The third-order valence-electron chi connectivity index (χ3n) is 1.66. The lowest BCUT2D eigenvalue weighted by atomic mass is 10.4. The Morgan fingerprint density at radius 1 is 1.38 bits per heavy atom. The lowest BCUT2D eigenvalue weighted by molar-refractivity contribution is 0.598. The standard InChI is InChI=1S/C7H7N3O2S/c1-13(11,12)7-2-5-6(3-8-7)10-4-9-5/h2-4H,1H3,(H,9,10). The molecule has 0 aliphatic carbocycles. The van der Waals surface area contributed by atoms with Crippen molar-refractivity contribution in [2.45, 2.75) is 5.03 Å². The molecule has 0 aromatic carbocycles. The molecule has 13 heavy (non-hydrogen) atoms. The van der Waals surface area contributed by atoms with Gasteiger partial charge in [-0.2, -0.15) is 0 Å². The van der Waals surface area contributed by atoms with Gasteiger partial charge in [0.1, 0.15) is 0 Å². The molecule has 1 N–H and O–H groups in total. The summed E-state index contributed by atoms with van der Waals surface area (Å²) in [6.45, 7) is 0. The van der Waals surface area contributed by atoms with Gasteiger partial charge < -0.3 is 4.98 Å². The number of aromatic amines is 1. The van der Waals surface area contributed by atoms with Crippen molar-refractivity contribution in [3.8, 4) is 0 Å². The van der Waals surface area contributed by atoms with Gasteiger partial charge in [-0.1, -0.05) is 0 Å². The molecule has 0 amide bonds. The highest BCUT2D eigenvalue weighted by molar-refractivity contribution is 7.90. The second-order valence-electron chi connectivity index (χ2n) is 2.71. The Balaban J connectivity index is 2.75. The van der Waals surface area contributed by atoms with Gasteiger partial charge in [0.15, 0.2) is 14.9 Å². The molecular weight excluding hydrogens is 190 g/mol. The molecule has 2 heterocycles. The minimum Gasteiger partial charge on any atom is -0.343 e. The van der Waals surface area contributed by atoms with Crippen molar-refractivity contribution in [2.24, 2.45) is 0 Å². The van der Waals surface area contributed by atoms with Crippen molar-refractivity contribution in [3.05, 3.63) is 18.6 Å². The number of hydrogen-bond donors (Lipinski definition) is 1. The summed E-state index contributed by atoms with van der Waals surface area (Å²) in [4.78, 5) is 10.6. The largest absolute Gasteiger partial charge is 0.343 e. The summed E-state index contributed by atoms with van der Waals surface area (Å²) in [6.07, 6.45) is 4.07. The van der Waals surface area contributed by atoms with Crippen molar-refractivity contribution in [1.29, 1.82) is 0 Å². The summed E-state index contributed by atoms with van der Waals surface area (Å²) in [5.74, 6) is 0. The van der Waals surface area contributed by atoms with Crippen LogP contribution < -0.4 is 0 Å². The van der Waals surface area contributed by atoms with Crippen LogP contribution in [-0.4, -0.2) is 29.6 Å². The zero-order valence-electron chi connectivity index (χ0n) is 6.85. The molecule has 0 fully saturated rings. The fourth-order valence-electron chi connectivity index (χ4n) is 1.02. The number of imidazole rings is 1. The second-order valence-corrected chi connectivity index (χ2v) is 4.68. The Bertz CT molecular complexity index is 544. The summed E-state index contributed by atoms with van der Waals surface area (Å²) in [6, 6.07) is 1.45. The molecule has 0 spiro atoms. The second kappa shape index (κ2) is 2.53. The molecule has 0 aliphatic rings. The highest BCUT2D eigenvalue weighted by atomic mass is 32.2. The quantitative estimate of drug-likeness (QED) is 0.716. The number of hydrogen-bond acceptors (Lipinski definition) is 4. The molecule has 0 radical (unpaired) electrons. The third kappa shape index (κ3) is 1.40. The van der Waals surface area contributed by atoms with Crippen LogP contribution in [0.2, 0.25) is 0 Å². The highest BCUT2D eigenvalue weighted by Crippen LogP contribution is 2.12. The van der Waals surface area contributed by atoms with Gasteiger partial charge in [-0.05, 0) is 0 Å². The van der Waals surface area contributed by atoms with E-state index in [2.05, 4.69) is 15.0 Å². The minimum atomic E-state index is -3.24. The highest BCUT2D eigenvalue weighted by Gasteiger charge is 2.09. The van der Waals surface area contributed by atoms with Gasteiger partial charge in [-0.25, -0.2) is 18.4 Å². The number of fused-ring (bicyclic) bond motifs is 1. The monoisotopic (exact) mass is 197 g/mol. The van der Waals surface area contributed by atoms with Crippen LogP contribution in [0.5, 0.6) is 0 Å². The maximum absolute atomic E-state index is 11.1. The van der Waals surface area contributed by atoms with Crippen LogP contribution in [0, 0.1) is 0 Å². The Hall–Kier alpha value is -1.43. The van der Waals surface area contributed by atoms with E-state index in [0.717, 1.165) is 11.8 Å². The first-order valence-electron chi connectivity index (χ1n) is 3.56. The molecule has 2 aromatic heterocycles. The van der Waals surface area contributed by atoms with E-state index in [4.69, 9.17) is 0 Å². The lowest BCUT2D eigenvalue weighted by Gasteiger charge is -1.95. The SMILES string of the molecule is CS(=O)(=O)c1cc2nc[nH]c2cn1. The fraction of sp³-hybridized carbons (Fsp3) is 0.143. The molecule has 0 aliphatic heterocycles. The van der Waals surface area contributed by atoms with Gasteiger partial charge in [0.25, 0.3) is 0 Å². The van der Waals surface area contributed by atoms with E-state index < -0.39 is 9.84 Å². The summed E-state index contributed by atoms with van der Waals surface area (Å²) >= 11 is 0. The molecule has 0 saturated heterocycles. The zero-order chi connectivity index (χ0) is 9.47. The van der Waals surface area contributed by atoms with Gasteiger partial charge >= 0.3 is 0 Å². The van der Waals surface area contributed by atoms with Crippen LogP contribution in [-0.2, 0) is 9.84 Å².